The first-order valence-electron chi connectivity index (χ1n) is 8.59. The van der Waals surface area contributed by atoms with Gasteiger partial charge in [-0.1, -0.05) is 18.5 Å². The molecule has 0 saturated carbocycles. The molecule has 1 N–H and O–H groups in total. The predicted octanol–water partition coefficient (Wildman–Crippen LogP) is 4.37. The maximum Gasteiger partial charge on any atom is 0.238 e. The first-order valence-corrected chi connectivity index (χ1v) is 9.84. The van der Waals surface area contributed by atoms with E-state index < -0.39 is 0 Å². The number of nitrogens with one attached hydrogen (secondary N) is 1. The fourth-order valence-corrected chi connectivity index (χ4v) is 4.61. The molecule has 140 valence electrons. The largest absolute Gasteiger partial charge is 0.495 e. The summed E-state index contributed by atoms with van der Waals surface area (Å²) in [5.41, 5.74) is 1.92. The smallest absolute Gasteiger partial charge is 0.238 e. The Morgan fingerprint density at radius 3 is 2.81 bits per heavy atom. The third kappa shape index (κ3) is 3.82. The molecule has 1 aromatic heterocycles. The van der Waals surface area contributed by atoms with Crippen LogP contribution < -0.4 is 14.8 Å². The lowest BCUT2D eigenvalue weighted by Gasteiger charge is -2.34. The highest BCUT2D eigenvalue weighted by Gasteiger charge is 2.28. The van der Waals surface area contributed by atoms with Crippen LogP contribution in [0.25, 0.3) is 0 Å². The number of amides is 1. The minimum atomic E-state index is -0.0789. The van der Waals surface area contributed by atoms with Crippen LogP contribution in [-0.2, 0) is 11.2 Å². The molecule has 7 heteroatoms. The monoisotopic (exact) mass is 394 g/mol. The molecule has 1 unspecified atom stereocenters. The Labute approximate surface area is 162 Å². The average Bonchev–Trinajstić information content (AvgIpc) is 3.11. The maximum absolute atomic E-state index is 12.7. The van der Waals surface area contributed by atoms with Crippen LogP contribution >= 0.6 is 22.9 Å². The van der Waals surface area contributed by atoms with E-state index >= 15 is 0 Å². The summed E-state index contributed by atoms with van der Waals surface area (Å²) in [7, 11) is 3.08. The number of carbonyl (C=O) groups is 1. The van der Waals surface area contributed by atoms with E-state index in [1.165, 1.54) is 17.6 Å². The van der Waals surface area contributed by atoms with Gasteiger partial charge in [0.2, 0.25) is 5.91 Å². The van der Waals surface area contributed by atoms with Gasteiger partial charge in [-0.2, -0.15) is 0 Å². The fourth-order valence-electron chi connectivity index (χ4n) is 3.45. The van der Waals surface area contributed by atoms with Gasteiger partial charge in [-0.3, -0.25) is 9.69 Å². The Kier molecular flexibility index (Phi) is 6.06. The number of thiophene rings is 1. The Morgan fingerprint density at radius 2 is 2.12 bits per heavy atom. The van der Waals surface area contributed by atoms with Crippen LogP contribution in [0, 0.1) is 0 Å². The Bertz CT molecular complexity index is 793. The molecule has 0 bridgehead atoms. The van der Waals surface area contributed by atoms with Crippen LogP contribution in [0.5, 0.6) is 11.5 Å². The zero-order valence-corrected chi connectivity index (χ0v) is 16.7. The minimum Gasteiger partial charge on any atom is -0.495 e. The van der Waals surface area contributed by atoms with Gasteiger partial charge < -0.3 is 14.8 Å². The van der Waals surface area contributed by atoms with Crippen molar-refractivity contribution in [2.75, 3.05) is 32.6 Å². The van der Waals surface area contributed by atoms with Crippen molar-refractivity contribution in [3.63, 3.8) is 0 Å². The second-order valence-electron chi connectivity index (χ2n) is 6.18. The molecule has 0 fully saturated rings. The number of hydrogen-bond acceptors (Lipinski definition) is 5. The van der Waals surface area contributed by atoms with Gasteiger partial charge in [-0.15, -0.1) is 11.3 Å². The second-order valence-corrected chi connectivity index (χ2v) is 7.59. The lowest BCUT2D eigenvalue weighted by atomic mass is 9.98. The van der Waals surface area contributed by atoms with Crippen molar-refractivity contribution in [3.8, 4) is 11.5 Å². The molecule has 5 nitrogen and oxygen atoms in total. The van der Waals surface area contributed by atoms with Crippen LogP contribution in [0.2, 0.25) is 5.02 Å². The van der Waals surface area contributed by atoms with Crippen molar-refractivity contribution >= 4 is 34.5 Å². The van der Waals surface area contributed by atoms with Crippen molar-refractivity contribution < 1.29 is 14.3 Å². The van der Waals surface area contributed by atoms with Crippen molar-refractivity contribution in [2.24, 2.45) is 0 Å². The normalized spacial score (nSPS) is 16.8. The molecule has 1 amide bonds. The second kappa shape index (κ2) is 8.29. The molecule has 26 heavy (non-hydrogen) atoms. The summed E-state index contributed by atoms with van der Waals surface area (Å²) in [5, 5.41) is 5.51. The molecule has 2 heterocycles. The standard InChI is InChI=1S/C19H23ClN2O3S/c1-4-15-12-6-8-26-18(12)5-7-22(15)11-19(23)21-14-10-16(24-2)13(20)9-17(14)25-3/h6,8-10,15H,4-5,7,11H2,1-3H3,(H,21,23). The molecule has 1 atom stereocenters. The van der Waals surface area contributed by atoms with E-state index in [9.17, 15) is 4.79 Å². The summed E-state index contributed by atoms with van der Waals surface area (Å²) in [6, 6.07) is 5.80. The van der Waals surface area contributed by atoms with E-state index in [4.69, 9.17) is 21.1 Å². The SMILES string of the molecule is CCC1c2ccsc2CCN1CC(=O)Nc1cc(OC)c(Cl)cc1OC. The van der Waals surface area contributed by atoms with Gasteiger partial charge in [0.1, 0.15) is 11.5 Å². The third-order valence-electron chi connectivity index (χ3n) is 4.69. The van der Waals surface area contributed by atoms with Crippen LogP contribution in [0.1, 0.15) is 29.8 Å². The molecule has 1 aromatic carbocycles. The van der Waals surface area contributed by atoms with Crippen molar-refractivity contribution in [1.29, 1.82) is 0 Å². The van der Waals surface area contributed by atoms with E-state index in [-0.39, 0.29) is 11.9 Å². The fraction of sp³-hybridized carbons (Fsp3) is 0.421. The lowest BCUT2D eigenvalue weighted by Crippen LogP contribution is -2.40. The number of anilines is 1. The molecule has 3 rings (SSSR count). The van der Waals surface area contributed by atoms with Gasteiger partial charge >= 0.3 is 0 Å². The number of benzene rings is 1. The van der Waals surface area contributed by atoms with Crippen molar-refractivity contribution in [2.45, 2.75) is 25.8 Å². The summed E-state index contributed by atoms with van der Waals surface area (Å²) in [6.45, 7) is 3.39. The molecular formula is C19H23ClN2O3S. The summed E-state index contributed by atoms with van der Waals surface area (Å²) >= 11 is 7.93. The topological polar surface area (TPSA) is 50.8 Å². The highest BCUT2D eigenvalue weighted by atomic mass is 35.5. The third-order valence-corrected chi connectivity index (χ3v) is 5.98. The molecule has 0 aliphatic carbocycles. The van der Waals surface area contributed by atoms with Gasteiger partial charge in [0, 0.05) is 29.6 Å². The number of carbonyl (C=O) groups excluding carboxylic acids is 1. The number of nitrogens with zero attached hydrogens (tertiary/aromatic N) is 1. The van der Waals surface area contributed by atoms with Crippen LogP contribution in [0.4, 0.5) is 5.69 Å². The van der Waals surface area contributed by atoms with E-state index in [1.807, 2.05) is 11.3 Å². The van der Waals surface area contributed by atoms with E-state index in [0.29, 0.717) is 28.8 Å². The number of hydrogen-bond donors (Lipinski definition) is 1. The van der Waals surface area contributed by atoms with Gasteiger partial charge in [0.25, 0.3) is 0 Å². The van der Waals surface area contributed by atoms with E-state index in [1.54, 1.807) is 19.2 Å². The quantitative estimate of drug-likeness (QED) is 0.790. The van der Waals surface area contributed by atoms with Gasteiger partial charge in [-0.05, 0) is 29.9 Å². The van der Waals surface area contributed by atoms with Crippen molar-refractivity contribution in [3.05, 3.63) is 39.0 Å². The average molecular weight is 395 g/mol. The zero-order valence-electron chi connectivity index (χ0n) is 15.2. The number of ether oxygens (including phenoxy) is 2. The van der Waals surface area contributed by atoms with E-state index in [0.717, 1.165) is 19.4 Å². The summed E-state index contributed by atoms with van der Waals surface area (Å²) < 4.78 is 10.6. The summed E-state index contributed by atoms with van der Waals surface area (Å²) in [5.74, 6) is 0.926. The first kappa shape index (κ1) is 19.0. The number of rotatable bonds is 6. The molecule has 2 aromatic rings. The lowest BCUT2D eigenvalue weighted by molar-refractivity contribution is -0.118. The summed E-state index contributed by atoms with van der Waals surface area (Å²) in [6.07, 6.45) is 1.98. The van der Waals surface area contributed by atoms with Crippen LogP contribution in [0.15, 0.2) is 23.6 Å². The first-order chi connectivity index (χ1) is 12.6. The molecular weight excluding hydrogens is 372 g/mol. The predicted molar refractivity (Wildman–Crippen MR) is 106 cm³/mol. The summed E-state index contributed by atoms with van der Waals surface area (Å²) in [4.78, 5) is 16.3. The number of fused-ring (bicyclic) bond motifs is 1. The molecule has 0 radical (unpaired) electrons. The molecule has 1 aliphatic heterocycles. The van der Waals surface area contributed by atoms with Gasteiger partial charge in [0.05, 0.1) is 31.5 Å². The highest BCUT2D eigenvalue weighted by molar-refractivity contribution is 7.10. The minimum absolute atomic E-state index is 0.0789. The Balaban J connectivity index is 1.73. The van der Waals surface area contributed by atoms with Gasteiger partial charge in [-0.25, -0.2) is 0 Å². The molecule has 0 saturated heterocycles. The molecule has 1 aliphatic rings. The Morgan fingerprint density at radius 1 is 1.35 bits per heavy atom. The van der Waals surface area contributed by atoms with Crippen LogP contribution in [-0.4, -0.2) is 38.1 Å². The molecule has 0 spiro atoms. The Hall–Kier alpha value is -1.76. The van der Waals surface area contributed by atoms with E-state index in [2.05, 4.69) is 28.6 Å². The zero-order chi connectivity index (χ0) is 18.7. The van der Waals surface area contributed by atoms with Crippen LogP contribution in [0.3, 0.4) is 0 Å². The highest BCUT2D eigenvalue weighted by Crippen LogP contribution is 2.37. The number of halogens is 1. The maximum atomic E-state index is 12.7. The number of methoxy groups -OCH3 is 2. The van der Waals surface area contributed by atoms with Crippen molar-refractivity contribution in [1.82, 2.24) is 4.90 Å². The van der Waals surface area contributed by atoms with Gasteiger partial charge in [0.15, 0.2) is 0 Å².